The number of likely N-dealkylation sites (tertiary alicyclic amines) is 1. The van der Waals surface area contributed by atoms with Gasteiger partial charge in [-0.15, -0.1) is 0 Å². The minimum absolute atomic E-state index is 0.133. The van der Waals surface area contributed by atoms with Crippen LogP contribution in [0.3, 0.4) is 0 Å². The van der Waals surface area contributed by atoms with Gasteiger partial charge in [0.2, 0.25) is 0 Å². The number of hydrogen-bond donors (Lipinski definition) is 0. The predicted octanol–water partition coefficient (Wildman–Crippen LogP) is 4.78. The highest BCUT2D eigenvalue weighted by molar-refractivity contribution is 5.31. The second kappa shape index (κ2) is 5.98. The zero-order valence-electron chi connectivity index (χ0n) is 12.8. The minimum atomic E-state index is -0.133. The monoisotopic (exact) mass is 283 g/mol. The normalized spacial score (nSPS) is 19.1. The van der Waals surface area contributed by atoms with Crippen molar-refractivity contribution in [2.24, 2.45) is 0 Å². The third-order valence-electron chi connectivity index (χ3n) is 4.48. The van der Waals surface area contributed by atoms with E-state index in [-0.39, 0.29) is 5.82 Å². The third-order valence-corrected chi connectivity index (χ3v) is 4.48. The molecule has 0 bridgehead atoms. The Balaban J connectivity index is 1.83. The summed E-state index contributed by atoms with van der Waals surface area (Å²) in [6.07, 6.45) is 2.31. The SMILES string of the molecule is Cc1ccc(C)c(CN2CCC[C@@H]2c2cccc(F)c2)c1. The quantitative estimate of drug-likeness (QED) is 0.783. The second-order valence-electron chi connectivity index (χ2n) is 6.11. The first-order valence-corrected chi connectivity index (χ1v) is 7.69. The van der Waals surface area contributed by atoms with Crippen LogP contribution in [0.25, 0.3) is 0 Å². The molecule has 0 N–H and O–H groups in total. The lowest BCUT2D eigenvalue weighted by atomic mass is 10.0. The highest BCUT2D eigenvalue weighted by Crippen LogP contribution is 2.33. The molecule has 2 aromatic carbocycles. The average Bonchev–Trinajstić information content (AvgIpc) is 2.91. The summed E-state index contributed by atoms with van der Waals surface area (Å²) in [6, 6.07) is 14.1. The van der Waals surface area contributed by atoms with Crippen molar-refractivity contribution >= 4 is 0 Å². The van der Waals surface area contributed by atoms with Gasteiger partial charge in [0, 0.05) is 12.6 Å². The Morgan fingerprint density at radius 1 is 1.14 bits per heavy atom. The molecule has 3 rings (SSSR count). The van der Waals surface area contributed by atoms with Crippen LogP contribution >= 0.6 is 0 Å². The first-order valence-electron chi connectivity index (χ1n) is 7.69. The number of hydrogen-bond acceptors (Lipinski definition) is 1. The van der Waals surface area contributed by atoms with Crippen LogP contribution in [0.5, 0.6) is 0 Å². The Labute approximate surface area is 126 Å². The molecule has 0 aliphatic carbocycles. The first-order chi connectivity index (χ1) is 10.1. The average molecular weight is 283 g/mol. The van der Waals surface area contributed by atoms with Crippen LogP contribution in [-0.4, -0.2) is 11.4 Å². The summed E-state index contributed by atoms with van der Waals surface area (Å²) in [4.78, 5) is 2.48. The van der Waals surface area contributed by atoms with Crippen LogP contribution < -0.4 is 0 Å². The van der Waals surface area contributed by atoms with Gasteiger partial charge < -0.3 is 0 Å². The molecule has 1 aliphatic rings. The molecule has 0 spiro atoms. The zero-order chi connectivity index (χ0) is 14.8. The van der Waals surface area contributed by atoms with Gasteiger partial charge in [0.05, 0.1) is 0 Å². The summed E-state index contributed by atoms with van der Waals surface area (Å²) in [5, 5.41) is 0. The van der Waals surface area contributed by atoms with E-state index in [4.69, 9.17) is 0 Å². The molecular formula is C19H22FN. The van der Waals surface area contributed by atoms with Crippen LogP contribution in [0, 0.1) is 19.7 Å². The molecule has 110 valence electrons. The third kappa shape index (κ3) is 3.16. The van der Waals surface area contributed by atoms with Gasteiger partial charge in [-0.1, -0.05) is 35.9 Å². The number of nitrogens with zero attached hydrogens (tertiary/aromatic N) is 1. The van der Waals surface area contributed by atoms with Gasteiger partial charge in [-0.3, -0.25) is 4.90 Å². The Hall–Kier alpha value is -1.67. The van der Waals surface area contributed by atoms with Gasteiger partial charge in [0.25, 0.3) is 0 Å². The van der Waals surface area contributed by atoms with Crippen LogP contribution in [0.4, 0.5) is 4.39 Å². The zero-order valence-corrected chi connectivity index (χ0v) is 12.8. The highest BCUT2D eigenvalue weighted by atomic mass is 19.1. The summed E-state index contributed by atoms with van der Waals surface area (Å²) in [5.41, 5.74) is 5.14. The van der Waals surface area contributed by atoms with Crippen molar-refractivity contribution in [1.29, 1.82) is 0 Å². The number of halogens is 1. The Morgan fingerprint density at radius 3 is 2.81 bits per heavy atom. The molecule has 2 heteroatoms. The lowest BCUT2D eigenvalue weighted by Crippen LogP contribution is -2.23. The molecule has 1 fully saturated rings. The topological polar surface area (TPSA) is 3.24 Å². The largest absolute Gasteiger partial charge is 0.292 e. The van der Waals surface area contributed by atoms with E-state index in [2.05, 4.69) is 43.0 Å². The van der Waals surface area contributed by atoms with Crippen LogP contribution in [0.1, 0.15) is 41.1 Å². The van der Waals surface area contributed by atoms with Crippen LogP contribution in [-0.2, 0) is 6.54 Å². The van der Waals surface area contributed by atoms with Gasteiger partial charge in [0.15, 0.2) is 0 Å². The molecule has 0 unspecified atom stereocenters. The fourth-order valence-electron chi connectivity index (χ4n) is 3.30. The molecule has 0 radical (unpaired) electrons. The molecule has 21 heavy (non-hydrogen) atoms. The van der Waals surface area contributed by atoms with E-state index < -0.39 is 0 Å². The van der Waals surface area contributed by atoms with Gasteiger partial charge in [-0.2, -0.15) is 0 Å². The van der Waals surface area contributed by atoms with E-state index in [1.165, 1.54) is 29.2 Å². The smallest absolute Gasteiger partial charge is 0.123 e. The lowest BCUT2D eigenvalue weighted by molar-refractivity contribution is 0.247. The molecule has 1 saturated heterocycles. The molecule has 0 saturated carbocycles. The van der Waals surface area contributed by atoms with Crippen molar-refractivity contribution in [3.05, 3.63) is 70.5 Å². The molecule has 1 heterocycles. The maximum Gasteiger partial charge on any atom is 0.123 e. The van der Waals surface area contributed by atoms with Gasteiger partial charge in [-0.25, -0.2) is 4.39 Å². The van der Waals surface area contributed by atoms with Crippen LogP contribution in [0.2, 0.25) is 0 Å². The molecular weight excluding hydrogens is 261 g/mol. The van der Waals surface area contributed by atoms with Crippen molar-refractivity contribution in [3.8, 4) is 0 Å². The summed E-state index contributed by atoms with van der Waals surface area (Å²) in [7, 11) is 0. The number of rotatable bonds is 3. The molecule has 0 amide bonds. The van der Waals surface area contributed by atoms with Crippen molar-refractivity contribution in [1.82, 2.24) is 4.90 Å². The fourth-order valence-corrected chi connectivity index (χ4v) is 3.30. The van der Waals surface area contributed by atoms with Crippen LogP contribution in [0.15, 0.2) is 42.5 Å². The molecule has 1 aliphatic heterocycles. The Bertz CT molecular complexity index is 635. The van der Waals surface area contributed by atoms with E-state index >= 15 is 0 Å². The molecule has 0 aromatic heterocycles. The van der Waals surface area contributed by atoms with Gasteiger partial charge in [0.1, 0.15) is 5.82 Å². The van der Waals surface area contributed by atoms with Crippen molar-refractivity contribution < 1.29 is 4.39 Å². The van der Waals surface area contributed by atoms with Crippen molar-refractivity contribution in [3.63, 3.8) is 0 Å². The Kier molecular flexibility index (Phi) is 4.07. The van der Waals surface area contributed by atoms with E-state index in [0.29, 0.717) is 6.04 Å². The van der Waals surface area contributed by atoms with E-state index in [9.17, 15) is 4.39 Å². The molecule has 1 atom stereocenters. The first kappa shape index (κ1) is 14.3. The summed E-state index contributed by atoms with van der Waals surface area (Å²) >= 11 is 0. The number of aryl methyl sites for hydroxylation is 2. The van der Waals surface area contributed by atoms with E-state index in [1.54, 1.807) is 6.07 Å². The standard InChI is InChI=1S/C19H22FN/c1-14-8-9-15(2)17(11-14)13-21-10-4-7-19(21)16-5-3-6-18(20)12-16/h3,5-6,8-9,11-12,19H,4,7,10,13H2,1-2H3/t19-/m1/s1. The summed E-state index contributed by atoms with van der Waals surface area (Å²) in [6.45, 7) is 6.35. The predicted molar refractivity (Wildman–Crippen MR) is 84.7 cm³/mol. The van der Waals surface area contributed by atoms with Gasteiger partial charge >= 0.3 is 0 Å². The summed E-state index contributed by atoms with van der Waals surface area (Å²) < 4.78 is 13.5. The van der Waals surface area contributed by atoms with Gasteiger partial charge in [-0.05, 0) is 62.1 Å². The maximum atomic E-state index is 13.5. The fraction of sp³-hybridized carbons (Fsp3) is 0.368. The van der Waals surface area contributed by atoms with E-state index in [1.807, 2.05) is 6.07 Å². The summed E-state index contributed by atoms with van der Waals surface area (Å²) in [5.74, 6) is -0.133. The highest BCUT2D eigenvalue weighted by Gasteiger charge is 2.26. The molecule has 1 nitrogen and oxygen atoms in total. The maximum absolute atomic E-state index is 13.5. The van der Waals surface area contributed by atoms with Crippen molar-refractivity contribution in [2.75, 3.05) is 6.54 Å². The Morgan fingerprint density at radius 2 is 2.00 bits per heavy atom. The lowest BCUT2D eigenvalue weighted by Gasteiger charge is -2.26. The second-order valence-corrected chi connectivity index (χ2v) is 6.11. The van der Waals surface area contributed by atoms with Crippen molar-refractivity contribution in [2.45, 2.75) is 39.3 Å². The molecule has 2 aromatic rings. The number of benzene rings is 2. The van der Waals surface area contributed by atoms with E-state index in [0.717, 1.165) is 25.1 Å². The minimum Gasteiger partial charge on any atom is -0.292 e.